The van der Waals surface area contributed by atoms with Crippen molar-refractivity contribution >= 4 is 12.4 Å². The van der Waals surface area contributed by atoms with Crippen LogP contribution in [0.2, 0.25) is 0 Å². The number of amides is 1. The van der Waals surface area contributed by atoms with Gasteiger partial charge in [0.2, 0.25) is 0 Å². The van der Waals surface area contributed by atoms with Crippen LogP contribution in [0.15, 0.2) is 0 Å². The van der Waals surface area contributed by atoms with Crippen LogP contribution >= 0.6 is 0 Å². The Hall–Kier alpha value is -1.10. The molecule has 0 aromatic heterocycles. The molecule has 5 heteroatoms. The average Bonchev–Trinajstić information content (AvgIpc) is 2.00. The molecule has 1 amide bonds. The predicted octanol–water partition coefficient (Wildman–Crippen LogP) is 0.681. The zero-order valence-electron chi connectivity index (χ0n) is 8.86. The van der Waals surface area contributed by atoms with E-state index in [1.54, 1.807) is 20.8 Å². The average molecular weight is 202 g/mol. The minimum atomic E-state index is -1.05. The highest BCUT2D eigenvalue weighted by atomic mass is 16.4. The van der Waals surface area contributed by atoms with E-state index in [0.29, 0.717) is 6.29 Å². The monoisotopic (exact) mass is 202 g/mol. The molecule has 5 nitrogen and oxygen atoms in total. The molecular weight excluding hydrogens is 184 g/mol. The predicted molar refractivity (Wildman–Crippen MR) is 53.1 cm³/mol. The van der Waals surface area contributed by atoms with Gasteiger partial charge in [0.1, 0.15) is 6.29 Å². The van der Waals surface area contributed by atoms with Crippen molar-refractivity contribution in [3.05, 3.63) is 0 Å². The molecule has 0 aliphatic heterocycles. The fourth-order valence-corrected chi connectivity index (χ4v) is 1.41. The maximum atomic E-state index is 11.0. The van der Waals surface area contributed by atoms with Crippen LogP contribution in [0.5, 0.6) is 0 Å². The maximum absolute atomic E-state index is 11.0. The van der Waals surface area contributed by atoms with Gasteiger partial charge in [-0.25, -0.2) is 4.79 Å². The van der Waals surface area contributed by atoms with Gasteiger partial charge in [0.25, 0.3) is 0 Å². The van der Waals surface area contributed by atoms with Gasteiger partial charge in [-0.15, -0.1) is 0 Å². The van der Waals surface area contributed by atoms with Crippen LogP contribution < -0.4 is 5.73 Å². The first kappa shape index (κ1) is 12.9. The molecule has 0 fully saturated rings. The van der Waals surface area contributed by atoms with E-state index in [4.69, 9.17) is 10.8 Å². The number of carboxylic acid groups (broad SMARTS) is 1. The lowest BCUT2D eigenvalue weighted by Gasteiger charge is -2.38. The highest BCUT2D eigenvalue weighted by Crippen LogP contribution is 2.18. The Morgan fingerprint density at radius 1 is 1.57 bits per heavy atom. The number of hydrogen-bond donors (Lipinski definition) is 2. The summed E-state index contributed by atoms with van der Waals surface area (Å²) >= 11 is 0. The van der Waals surface area contributed by atoms with Gasteiger partial charge in [-0.05, 0) is 20.8 Å². The summed E-state index contributed by atoms with van der Waals surface area (Å²) in [5, 5.41) is 8.99. The van der Waals surface area contributed by atoms with Crippen LogP contribution in [-0.2, 0) is 4.79 Å². The molecule has 3 N–H and O–H groups in total. The number of hydrogen-bond acceptors (Lipinski definition) is 3. The summed E-state index contributed by atoms with van der Waals surface area (Å²) < 4.78 is 0. The smallest absolute Gasteiger partial charge is 0.408 e. The Morgan fingerprint density at radius 3 is 2.29 bits per heavy atom. The minimum absolute atomic E-state index is 0.139. The van der Waals surface area contributed by atoms with Gasteiger partial charge < -0.3 is 15.6 Å². The first-order valence-corrected chi connectivity index (χ1v) is 4.50. The van der Waals surface area contributed by atoms with E-state index in [0.717, 1.165) is 0 Å². The zero-order valence-corrected chi connectivity index (χ0v) is 8.86. The standard InChI is InChI=1S/C9H18N2O3/c1-9(2,3)11(8(13)14)7(6-10)4-5-12/h5,7H,4,6,10H2,1-3H3,(H,13,14). The van der Waals surface area contributed by atoms with Gasteiger partial charge in [0, 0.05) is 18.5 Å². The molecule has 0 radical (unpaired) electrons. The van der Waals surface area contributed by atoms with Crippen molar-refractivity contribution in [1.82, 2.24) is 4.90 Å². The topological polar surface area (TPSA) is 83.6 Å². The molecule has 1 unspecified atom stereocenters. The van der Waals surface area contributed by atoms with Crippen molar-refractivity contribution in [3.63, 3.8) is 0 Å². The van der Waals surface area contributed by atoms with Gasteiger partial charge in [-0.3, -0.25) is 4.90 Å². The van der Waals surface area contributed by atoms with Gasteiger partial charge in [-0.2, -0.15) is 0 Å². The Bertz CT molecular complexity index is 211. The van der Waals surface area contributed by atoms with Crippen LogP contribution in [0.1, 0.15) is 27.2 Å². The molecule has 0 aliphatic rings. The second-order valence-corrected chi connectivity index (χ2v) is 4.12. The van der Waals surface area contributed by atoms with Crippen molar-refractivity contribution in [1.29, 1.82) is 0 Å². The van der Waals surface area contributed by atoms with Crippen LogP contribution in [0.4, 0.5) is 4.79 Å². The van der Waals surface area contributed by atoms with Gasteiger partial charge in [-0.1, -0.05) is 0 Å². The summed E-state index contributed by atoms with van der Waals surface area (Å²) in [5.41, 5.74) is 4.89. The Labute approximate surface area is 83.9 Å². The van der Waals surface area contributed by atoms with E-state index in [-0.39, 0.29) is 13.0 Å². The number of carbonyl (C=O) groups excluding carboxylic acids is 1. The molecule has 1 atom stereocenters. The lowest BCUT2D eigenvalue weighted by atomic mass is 10.0. The number of aldehydes is 1. The van der Waals surface area contributed by atoms with E-state index in [9.17, 15) is 9.59 Å². The number of rotatable bonds is 4. The molecule has 82 valence electrons. The molecule has 14 heavy (non-hydrogen) atoms. The third kappa shape index (κ3) is 3.33. The molecular formula is C9H18N2O3. The number of carbonyl (C=O) groups is 2. The fraction of sp³-hybridized carbons (Fsp3) is 0.778. The first-order chi connectivity index (χ1) is 6.34. The van der Waals surface area contributed by atoms with E-state index in [1.165, 1.54) is 4.90 Å². The summed E-state index contributed by atoms with van der Waals surface area (Å²) in [4.78, 5) is 22.6. The summed E-state index contributed by atoms with van der Waals surface area (Å²) in [6, 6.07) is -0.440. The Kier molecular flexibility index (Phi) is 4.56. The highest BCUT2D eigenvalue weighted by molar-refractivity contribution is 5.67. The molecule has 0 bridgehead atoms. The quantitative estimate of drug-likeness (QED) is 0.657. The SMILES string of the molecule is CC(C)(C)N(C(=O)O)C(CN)CC=O. The number of nitrogens with zero attached hydrogens (tertiary/aromatic N) is 1. The van der Waals surface area contributed by atoms with Crippen molar-refractivity contribution in [2.24, 2.45) is 5.73 Å². The zero-order chi connectivity index (χ0) is 11.4. The van der Waals surface area contributed by atoms with Crippen LogP contribution in [-0.4, -0.2) is 40.5 Å². The fourth-order valence-electron chi connectivity index (χ4n) is 1.41. The van der Waals surface area contributed by atoms with Crippen molar-refractivity contribution in [2.75, 3.05) is 6.54 Å². The molecule has 0 aromatic rings. The van der Waals surface area contributed by atoms with Crippen molar-refractivity contribution < 1.29 is 14.7 Å². The van der Waals surface area contributed by atoms with E-state index >= 15 is 0 Å². The molecule has 0 rings (SSSR count). The van der Waals surface area contributed by atoms with E-state index in [2.05, 4.69) is 0 Å². The normalized spacial score (nSPS) is 13.4. The lowest BCUT2D eigenvalue weighted by molar-refractivity contribution is -0.109. The summed E-state index contributed by atoms with van der Waals surface area (Å²) in [6.45, 7) is 5.47. The molecule has 0 spiro atoms. The second kappa shape index (κ2) is 4.95. The first-order valence-electron chi connectivity index (χ1n) is 4.50. The van der Waals surface area contributed by atoms with E-state index < -0.39 is 17.7 Å². The highest BCUT2D eigenvalue weighted by Gasteiger charge is 2.31. The maximum Gasteiger partial charge on any atom is 0.408 e. The van der Waals surface area contributed by atoms with Crippen molar-refractivity contribution in [2.45, 2.75) is 38.8 Å². The van der Waals surface area contributed by atoms with Crippen LogP contribution in [0.3, 0.4) is 0 Å². The Morgan fingerprint density at radius 2 is 2.07 bits per heavy atom. The lowest BCUT2D eigenvalue weighted by Crippen LogP contribution is -2.53. The minimum Gasteiger partial charge on any atom is -0.465 e. The van der Waals surface area contributed by atoms with Crippen LogP contribution in [0, 0.1) is 0 Å². The molecule has 0 saturated carbocycles. The van der Waals surface area contributed by atoms with Crippen molar-refractivity contribution in [3.8, 4) is 0 Å². The molecule has 0 aliphatic carbocycles. The summed E-state index contributed by atoms with van der Waals surface area (Å²) in [5.74, 6) is 0. The molecule has 0 aromatic carbocycles. The second-order valence-electron chi connectivity index (χ2n) is 4.12. The third-order valence-corrected chi connectivity index (χ3v) is 1.93. The molecule has 0 saturated heterocycles. The van der Waals surface area contributed by atoms with E-state index in [1.807, 2.05) is 0 Å². The molecule has 0 heterocycles. The van der Waals surface area contributed by atoms with Gasteiger partial charge >= 0.3 is 6.09 Å². The number of nitrogens with two attached hydrogens (primary N) is 1. The summed E-state index contributed by atoms with van der Waals surface area (Å²) in [7, 11) is 0. The summed E-state index contributed by atoms with van der Waals surface area (Å²) in [6.07, 6.45) is -0.214. The Balaban J connectivity index is 4.78. The third-order valence-electron chi connectivity index (χ3n) is 1.93. The van der Waals surface area contributed by atoms with Gasteiger partial charge in [0.05, 0.1) is 6.04 Å². The largest absolute Gasteiger partial charge is 0.465 e. The van der Waals surface area contributed by atoms with Gasteiger partial charge in [0.15, 0.2) is 0 Å². The van der Waals surface area contributed by atoms with Crippen LogP contribution in [0.25, 0.3) is 0 Å².